The molecule has 136 valence electrons. The maximum atomic E-state index is 11.6. The number of carbonyl (C=O) groups excluding carboxylic acids is 2. The van der Waals surface area contributed by atoms with Crippen molar-refractivity contribution < 1.29 is 28.7 Å². The number of nitro benzene ring substituents is 1. The van der Waals surface area contributed by atoms with Gasteiger partial charge in [0.15, 0.2) is 6.10 Å². The molecule has 9 heteroatoms. The number of benzene rings is 1. The van der Waals surface area contributed by atoms with E-state index >= 15 is 0 Å². The third-order valence-corrected chi connectivity index (χ3v) is 2.98. The topological polar surface area (TPSA) is 117 Å². The Morgan fingerprint density at radius 1 is 1.40 bits per heavy atom. The number of ether oxygens (including phenoxy) is 3. The summed E-state index contributed by atoms with van der Waals surface area (Å²) in [6.45, 7) is 8.32. The molecular weight excluding hydrogens is 332 g/mol. The molecule has 1 aromatic rings. The van der Waals surface area contributed by atoms with Crippen LogP contribution >= 0.6 is 0 Å². The molecule has 0 saturated carbocycles. The molecule has 1 aromatic carbocycles. The third-order valence-electron chi connectivity index (χ3n) is 2.98. The first kappa shape index (κ1) is 19.9. The fourth-order valence-electron chi connectivity index (χ4n) is 1.83. The number of esters is 1. The predicted molar refractivity (Wildman–Crippen MR) is 89.7 cm³/mol. The Morgan fingerprint density at radius 2 is 2.08 bits per heavy atom. The van der Waals surface area contributed by atoms with Gasteiger partial charge in [0.1, 0.15) is 18.0 Å². The van der Waals surface area contributed by atoms with E-state index in [1.165, 1.54) is 19.1 Å². The Morgan fingerprint density at radius 3 is 2.64 bits per heavy atom. The molecule has 0 aromatic heterocycles. The van der Waals surface area contributed by atoms with Crippen LogP contribution in [0.4, 0.5) is 16.2 Å². The van der Waals surface area contributed by atoms with E-state index in [0.29, 0.717) is 5.56 Å². The van der Waals surface area contributed by atoms with Crippen molar-refractivity contribution in [3.8, 4) is 5.75 Å². The summed E-state index contributed by atoms with van der Waals surface area (Å²) in [6.07, 6.45) is -0.418. The maximum absolute atomic E-state index is 11.6. The number of nitro groups is 1. The van der Waals surface area contributed by atoms with Crippen LogP contribution in [0, 0.1) is 17.0 Å². The van der Waals surface area contributed by atoms with Crippen molar-refractivity contribution in [2.45, 2.75) is 26.9 Å². The highest BCUT2D eigenvalue weighted by molar-refractivity contribution is 5.88. The average molecular weight is 352 g/mol. The molecule has 0 aliphatic heterocycles. The van der Waals surface area contributed by atoms with E-state index in [2.05, 4.69) is 11.9 Å². The lowest BCUT2D eigenvalue weighted by molar-refractivity contribution is -0.384. The number of rotatable bonds is 8. The Kier molecular flexibility index (Phi) is 7.39. The first-order chi connectivity index (χ1) is 11.8. The van der Waals surface area contributed by atoms with Gasteiger partial charge in [0.25, 0.3) is 5.69 Å². The Balaban J connectivity index is 3.05. The Hall–Kier alpha value is -3.10. The molecule has 0 aliphatic carbocycles. The standard InChI is InChI=1S/C16H20N2O7/c1-5-7-24-16(20)17-12-8-10(3)14(9-13(12)18(21)22)25-11(4)15(19)23-6-2/h5,8-9,11H,1,6-7H2,2-4H3,(H,17,20). The molecule has 1 unspecified atom stereocenters. The van der Waals surface area contributed by atoms with Crippen molar-refractivity contribution in [2.24, 2.45) is 0 Å². The van der Waals surface area contributed by atoms with Crippen molar-refractivity contribution in [1.29, 1.82) is 0 Å². The van der Waals surface area contributed by atoms with Crippen LogP contribution in [0.2, 0.25) is 0 Å². The van der Waals surface area contributed by atoms with Gasteiger partial charge >= 0.3 is 12.1 Å². The summed E-state index contributed by atoms with van der Waals surface area (Å²) in [5, 5.41) is 13.5. The van der Waals surface area contributed by atoms with Gasteiger partial charge in [0, 0.05) is 0 Å². The lowest BCUT2D eigenvalue weighted by Gasteiger charge is -2.16. The van der Waals surface area contributed by atoms with Gasteiger partial charge in [-0.05, 0) is 32.4 Å². The summed E-state index contributed by atoms with van der Waals surface area (Å²) in [5.74, 6) is -0.447. The second-order valence-electron chi connectivity index (χ2n) is 4.92. The second-order valence-corrected chi connectivity index (χ2v) is 4.92. The second kappa shape index (κ2) is 9.26. The van der Waals surface area contributed by atoms with E-state index in [9.17, 15) is 19.7 Å². The molecule has 0 spiro atoms. The summed E-state index contributed by atoms with van der Waals surface area (Å²) in [5.41, 5.74) is 0.0423. The first-order valence-electron chi connectivity index (χ1n) is 7.47. The smallest absolute Gasteiger partial charge is 0.412 e. The van der Waals surface area contributed by atoms with Crippen molar-refractivity contribution >= 4 is 23.4 Å². The number of hydrogen-bond acceptors (Lipinski definition) is 7. The van der Waals surface area contributed by atoms with Crippen LogP contribution in [-0.4, -0.2) is 36.3 Å². The minimum Gasteiger partial charge on any atom is -0.478 e. The van der Waals surface area contributed by atoms with Gasteiger partial charge in [-0.15, -0.1) is 0 Å². The van der Waals surface area contributed by atoms with Crippen LogP contribution in [-0.2, 0) is 14.3 Å². The minimum atomic E-state index is -0.936. The van der Waals surface area contributed by atoms with Gasteiger partial charge in [-0.3, -0.25) is 15.4 Å². The van der Waals surface area contributed by atoms with Gasteiger partial charge < -0.3 is 14.2 Å². The number of amides is 1. The SMILES string of the molecule is C=CCOC(=O)Nc1cc(C)c(OC(C)C(=O)OCC)cc1[N+](=O)[O-]. The van der Waals surface area contributed by atoms with Gasteiger partial charge in [-0.1, -0.05) is 12.7 Å². The number of nitrogens with one attached hydrogen (secondary N) is 1. The van der Waals surface area contributed by atoms with Gasteiger partial charge in [0.2, 0.25) is 0 Å². The lowest BCUT2D eigenvalue weighted by Crippen LogP contribution is -2.26. The Bertz CT molecular complexity index is 673. The third kappa shape index (κ3) is 5.79. The average Bonchev–Trinajstić information content (AvgIpc) is 2.55. The maximum Gasteiger partial charge on any atom is 0.412 e. The zero-order chi connectivity index (χ0) is 19.0. The van der Waals surface area contributed by atoms with E-state index in [1.807, 2.05) is 0 Å². The zero-order valence-corrected chi connectivity index (χ0v) is 14.2. The number of nitrogens with zero attached hydrogens (tertiary/aromatic N) is 1. The van der Waals surface area contributed by atoms with Crippen molar-refractivity contribution in [1.82, 2.24) is 0 Å². The first-order valence-corrected chi connectivity index (χ1v) is 7.47. The van der Waals surface area contributed by atoms with E-state index in [4.69, 9.17) is 14.2 Å². The molecule has 9 nitrogen and oxygen atoms in total. The fraction of sp³-hybridized carbons (Fsp3) is 0.375. The van der Waals surface area contributed by atoms with Crippen LogP contribution in [0.3, 0.4) is 0 Å². The molecule has 0 aliphatic rings. The zero-order valence-electron chi connectivity index (χ0n) is 14.2. The summed E-state index contributed by atoms with van der Waals surface area (Å²) in [7, 11) is 0. The number of anilines is 1. The normalized spacial score (nSPS) is 11.2. The molecule has 1 rings (SSSR count). The molecule has 1 atom stereocenters. The van der Waals surface area contributed by atoms with Crippen LogP contribution in [0.5, 0.6) is 5.75 Å². The monoisotopic (exact) mass is 352 g/mol. The summed E-state index contributed by atoms with van der Waals surface area (Å²) < 4.78 is 15.0. The molecule has 0 heterocycles. The number of carbonyl (C=O) groups is 2. The quantitative estimate of drug-likeness (QED) is 0.331. The van der Waals surface area contributed by atoms with Gasteiger partial charge in [-0.2, -0.15) is 0 Å². The van der Waals surface area contributed by atoms with Crippen molar-refractivity contribution in [3.05, 3.63) is 40.5 Å². The number of hydrogen-bond donors (Lipinski definition) is 1. The predicted octanol–water partition coefficient (Wildman–Crippen LogP) is 2.97. The number of aryl methyl sites for hydroxylation is 1. The highest BCUT2D eigenvalue weighted by Gasteiger charge is 2.23. The molecule has 0 bridgehead atoms. The van der Waals surface area contributed by atoms with E-state index in [0.717, 1.165) is 6.07 Å². The molecular formula is C16H20N2O7. The molecule has 1 amide bonds. The summed E-state index contributed by atoms with van der Waals surface area (Å²) in [6, 6.07) is 2.49. The van der Waals surface area contributed by atoms with Crippen molar-refractivity contribution in [3.63, 3.8) is 0 Å². The van der Waals surface area contributed by atoms with E-state index < -0.39 is 28.8 Å². The highest BCUT2D eigenvalue weighted by Crippen LogP contribution is 2.33. The molecule has 0 radical (unpaired) electrons. The summed E-state index contributed by atoms with van der Waals surface area (Å²) >= 11 is 0. The van der Waals surface area contributed by atoms with Crippen LogP contribution < -0.4 is 10.1 Å². The van der Waals surface area contributed by atoms with Crippen LogP contribution in [0.15, 0.2) is 24.8 Å². The molecule has 1 N–H and O–H groups in total. The molecule has 0 saturated heterocycles. The van der Waals surface area contributed by atoms with Gasteiger partial charge in [0.05, 0.1) is 17.6 Å². The molecule has 0 fully saturated rings. The van der Waals surface area contributed by atoms with E-state index in [-0.39, 0.29) is 24.7 Å². The Labute approximate surface area is 144 Å². The highest BCUT2D eigenvalue weighted by atomic mass is 16.6. The minimum absolute atomic E-state index is 0.0309. The summed E-state index contributed by atoms with van der Waals surface area (Å²) in [4.78, 5) is 33.8. The molecule has 25 heavy (non-hydrogen) atoms. The van der Waals surface area contributed by atoms with E-state index in [1.54, 1.807) is 13.8 Å². The van der Waals surface area contributed by atoms with Crippen molar-refractivity contribution in [2.75, 3.05) is 18.5 Å². The fourth-order valence-corrected chi connectivity index (χ4v) is 1.83. The van der Waals surface area contributed by atoms with Crippen LogP contribution in [0.25, 0.3) is 0 Å². The van der Waals surface area contributed by atoms with Crippen LogP contribution in [0.1, 0.15) is 19.4 Å². The lowest BCUT2D eigenvalue weighted by atomic mass is 10.1. The largest absolute Gasteiger partial charge is 0.478 e. The van der Waals surface area contributed by atoms with Gasteiger partial charge in [-0.25, -0.2) is 9.59 Å².